The van der Waals surface area contributed by atoms with Crippen molar-refractivity contribution in [2.75, 3.05) is 28.9 Å². The van der Waals surface area contributed by atoms with E-state index < -0.39 is 0 Å². The van der Waals surface area contributed by atoms with Gasteiger partial charge >= 0.3 is 41.1 Å². The maximum atomic E-state index is 2.47. The quantitative estimate of drug-likeness (QED) is 0.140. The van der Waals surface area contributed by atoms with Crippen LogP contribution in [-0.4, -0.2) is 41.1 Å². The average molecular weight is 1670 g/mol. The molecule has 12 aliphatic rings. The summed E-state index contributed by atoms with van der Waals surface area (Å²) >= 11 is 0. The summed E-state index contributed by atoms with van der Waals surface area (Å²) in [6.07, 6.45) is 33.5. The molecule has 0 unspecified atom stereocenters. The molecular formula is C120H84B6N6. The molecule has 0 amide bonds. The Bertz CT molecular complexity index is 7720. The second kappa shape index (κ2) is 33.0. The van der Waals surface area contributed by atoms with Crippen LogP contribution in [0.25, 0.3) is 126 Å². The van der Waals surface area contributed by atoms with E-state index in [-0.39, 0.29) is 20.5 Å². The van der Waals surface area contributed by atoms with Crippen molar-refractivity contribution >= 4 is 223 Å². The first kappa shape index (κ1) is 77.9. The summed E-state index contributed by atoms with van der Waals surface area (Å²) in [4.78, 5) is 14.4. The Hall–Kier alpha value is -16.4. The zero-order chi connectivity index (χ0) is 87.1. The zero-order valence-corrected chi connectivity index (χ0v) is 72.6. The molecule has 0 saturated heterocycles. The minimum Gasteiger partial charge on any atom is -0.383 e. The van der Waals surface area contributed by atoms with Gasteiger partial charge in [0.15, 0.2) is 0 Å². The van der Waals surface area contributed by atoms with Crippen molar-refractivity contribution < 1.29 is 0 Å². The predicted octanol–water partition coefficient (Wildman–Crippen LogP) is 23.9. The van der Waals surface area contributed by atoms with Crippen LogP contribution in [-0.2, 0) is 0 Å². The van der Waals surface area contributed by atoms with E-state index in [1.807, 2.05) is 0 Å². The Morgan fingerprint density at radius 2 is 0.553 bits per heavy atom. The van der Waals surface area contributed by atoms with Gasteiger partial charge in [0.1, 0.15) is 0 Å². The standard InChI is InChI=1S/6C20H14BN/c1-5-11-19-15(7-1)13-14-21-18-10-4-2-8-16(18)17-9-3-6-12-20(17)22(19)21;1-4-10-18-15(7-1)13-14-22-20-12-6-3-9-17(20)16-8-2-5-11-19(16)21(18)22;1-3-7-18-15(5-1)9-10-17-11-13-21-19-8-4-2-6-16(19)12-14-22(21)20(17)18;1-3-7-17-15(5-1)9-10-20-18(17)11-13-21-19-8-4-2-6-16(19)12-14-22(20)21;1-3-7-18-15(5-1)9-10-17-12-14-22-19-8-4-2-6-16(19)11-13-21(22)20(17)18;1-2-7-17-14-20-18(13-16(17)6-1)9-11-21-19-8-4-3-5-15(19)10-12-22(20)21/h6*1-14H. The number of hydrogen-bond donors (Lipinski definition) is 0. The summed E-state index contributed by atoms with van der Waals surface area (Å²) in [5, 5.41) is 10.5. The second-order valence-corrected chi connectivity index (χ2v) is 35.2. The maximum Gasteiger partial charge on any atom is 0.328 e. The second-order valence-electron chi connectivity index (χ2n) is 35.2. The minimum atomic E-state index is 0.271. The molecule has 0 atom stereocenters. The third-order valence-corrected chi connectivity index (χ3v) is 28.1. The molecule has 0 bridgehead atoms. The summed E-state index contributed by atoms with van der Waals surface area (Å²) in [5.41, 5.74) is 37.1. The van der Waals surface area contributed by atoms with Crippen molar-refractivity contribution in [1.29, 1.82) is 0 Å². The Morgan fingerprint density at radius 3 is 1.20 bits per heavy atom. The fraction of sp³-hybridized carbons (Fsp3) is 0. The summed E-state index contributed by atoms with van der Waals surface area (Å²) in [6, 6.07) is 139. The van der Waals surface area contributed by atoms with Gasteiger partial charge in [0, 0.05) is 61.9 Å². The molecule has 132 heavy (non-hydrogen) atoms. The molecule has 0 saturated carbocycles. The molecule has 12 aliphatic heterocycles. The van der Waals surface area contributed by atoms with Crippen LogP contribution in [0.3, 0.4) is 0 Å². The molecule has 12 heterocycles. The van der Waals surface area contributed by atoms with Gasteiger partial charge in [-0.05, 0) is 241 Å². The molecule has 18 aromatic rings. The highest BCUT2D eigenvalue weighted by Gasteiger charge is 2.41. The molecule has 0 N–H and O–H groups in total. The van der Waals surface area contributed by atoms with Gasteiger partial charge in [-0.2, -0.15) is 0 Å². The third-order valence-electron chi connectivity index (χ3n) is 28.1. The van der Waals surface area contributed by atoms with E-state index in [1.165, 1.54) is 199 Å². The largest absolute Gasteiger partial charge is 0.383 e. The lowest BCUT2D eigenvalue weighted by Gasteiger charge is -2.40. The lowest BCUT2D eigenvalue weighted by atomic mass is 9.44. The summed E-state index contributed by atoms with van der Waals surface area (Å²) < 4.78 is 0. The van der Waals surface area contributed by atoms with Crippen LogP contribution in [0.4, 0.5) is 39.8 Å². The summed E-state index contributed by atoms with van der Waals surface area (Å²) in [7, 11) is 0. The molecule has 18 aromatic carbocycles. The average Bonchev–Trinajstić information content (AvgIpc) is 0.755. The molecule has 12 heteroatoms. The van der Waals surface area contributed by atoms with Crippen LogP contribution in [0.5, 0.6) is 0 Å². The first-order valence-corrected chi connectivity index (χ1v) is 46.0. The van der Waals surface area contributed by atoms with Crippen LogP contribution >= 0.6 is 0 Å². The van der Waals surface area contributed by atoms with Gasteiger partial charge in [-0.1, -0.05) is 406 Å². The molecule has 0 radical (unpaired) electrons. The minimum absolute atomic E-state index is 0.271. The van der Waals surface area contributed by atoms with Crippen molar-refractivity contribution in [2.24, 2.45) is 0 Å². The van der Waals surface area contributed by atoms with Crippen LogP contribution in [0.1, 0.15) is 55.6 Å². The van der Waals surface area contributed by atoms with E-state index in [0.717, 1.165) is 0 Å². The van der Waals surface area contributed by atoms with Crippen molar-refractivity contribution in [1.82, 2.24) is 0 Å². The smallest absolute Gasteiger partial charge is 0.328 e. The zero-order valence-electron chi connectivity index (χ0n) is 72.6. The predicted molar refractivity (Wildman–Crippen MR) is 575 cm³/mol. The topological polar surface area (TPSA) is 19.4 Å². The van der Waals surface area contributed by atoms with Gasteiger partial charge in [-0.3, -0.25) is 0 Å². The number of anilines is 7. The van der Waals surface area contributed by atoms with E-state index in [1.54, 1.807) is 0 Å². The lowest BCUT2D eigenvalue weighted by Crippen LogP contribution is -2.59. The fourth-order valence-electron chi connectivity index (χ4n) is 22.0. The third kappa shape index (κ3) is 13.5. The molecule has 0 aromatic heterocycles. The molecule has 0 aliphatic carbocycles. The molecule has 0 spiro atoms. The maximum absolute atomic E-state index is 2.47. The summed E-state index contributed by atoms with van der Waals surface area (Å²) in [5.74, 6) is 11.6. The number of rotatable bonds is 0. The molecule has 30 rings (SSSR count). The number of para-hydroxylation sites is 4. The van der Waals surface area contributed by atoms with Gasteiger partial charge in [-0.15, -0.1) is 0 Å². The van der Waals surface area contributed by atoms with Crippen molar-refractivity contribution in [3.05, 3.63) is 505 Å². The monoisotopic (exact) mass is 1670 g/mol. The normalized spacial score (nSPS) is 14.5. The first-order chi connectivity index (χ1) is 65.5. The van der Waals surface area contributed by atoms with E-state index >= 15 is 0 Å². The van der Waals surface area contributed by atoms with E-state index in [2.05, 4.69) is 539 Å². The number of hydrogen-bond acceptors (Lipinski definition) is 6. The highest BCUT2D eigenvalue weighted by molar-refractivity contribution is 6.91. The highest BCUT2D eigenvalue weighted by atomic mass is 15.1. The van der Waals surface area contributed by atoms with Crippen LogP contribution < -0.4 is 67.1 Å². The molecule has 6 nitrogen and oxygen atoms in total. The lowest BCUT2D eigenvalue weighted by molar-refractivity contribution is 1.35. The Morgan fingerprint density at radius 1 is 0.174 bits per heavy atom. The van der Waals surface area contributed by atoms with Gasteiger partial charge < -0.3 is 28.9 Å². The Kier molecular flexibility index (Phi) is 19.5. The van der Waals surface area contributed by atoms with E-state index in [9.17, 15) is 0 Å². The van der Waals surface area contributed by atoms with Crippen LogP contribution in [0.2, 0.25) is 0 Å². The number of benzene rings is 18. The molecule has 0 fully saturated rings. The Balaban J connectivity index is 0.0000000851. The number of nitrogens with zero attached hydrogens (tertiary/aromatic N) is 6. The fourth-order valence-corrected chi connectivity index (χ4v) is 22.0. The summed E-state index contributed by atoms with van der Waals surface area (Å²) in [6.45, 7) is 1.72. The van der Waals surface area contributed by atoms with Crippen molar-refractivity contribution in [3.8, 4) is 22.3 Å². The highest BCUT2D eigenvalue weighted by Crippen LogP contribution is 2.46. The first-order valence-electron chi connectivity index (χ1n) is 46.0. The van der Waals surface area contributed by atoms with Gasteiger partial charge in [0.25, 0.3) is 0 Å². The van der Waals surface area contributed by atoms with E-state index in [0.29, 0.717) is 20.5 Å². The van der Waals surface area contributed by atoms with Gasteiger partial charge in [-0.25, -0.2) is 0 Å². The van der Waals surface area contributed by atoms with Crippen molar-refractivity contribution in [2.45, 2.75) is 0 Å². The SMILES string of the molecule is C1=CN2B(c3ccccc31)c1ccccc1-c1ccccc12.C1=Cc2c(ccc3ccccc23)N2C=Cc3ccccc3B12.C1=Cc2cc3ccccc3cc2N2C=Cc3ccccc3B12.C1=Cc2ccc3ccccc3c2N2C=Cc3ccccc3B12.C1=Cc2ccccc2N2B1c1ccccc1-c1ccccc12.C1=Cc2ccccc2N2C=Cc3ccc4ccccc4c3B12. The Labute approximate surface area is 773 Å². The number of fused-ring (bicyclic) bond motifs is 43. The van der Waals surface area contributed by atoms with Crippen LogP contribution in [0.15, 0.2) is 449 Å². The molecule has 612 valence electrons. The van der Waals surface area contributed by atoms with Crippen molar-refractivity contribution in [3.63, 3.8) is 0 Å². The van der Waals surface area contributed by atoms with Crippen LogP contribution in [0, 0.1) is 0 Å². The van der Waals surface area contributed by atoms with Gasteiger partial charge in [0.05, 0.1) is 0 Å². The van der Waals surface area contributed by atoms with Gasteiger partial charge in [0.2, 0.25) is 0 Å². The molecular weight excluding hydrogens is 1590 g/mol. The van der Waals surface area contributed by atoms with E-state index in [4.69, 9.17) is 0 Å².